The zero-order valence-corrected chi connectivity index (χ0v) is 12.2. The van der Waals surface area contributed by atoms with Gasteiger partial charge in [0.1, 0.15) is 0 Å². The van der Waals surface area contributed by atoms with E-state index in [1.54, 1.807) is 0 Å². The molecule has 0 aromatic heterocycles. The van der Waals surface area contributed by atoms with Crippen LogP contribution in [0.2, 0.25) is 0 Å². The minimum Gasteiger partial charge on any atom is -0.466 e. The Bertz CT molecular complexity index is 494. The first-order chi connectivity index (χ1) is 9.76. The average molecular weight is 273 g/mol. The van der Waals surface area contributed by atoms with E-state index in [4.69, 9.17) is 4.74 Å². The van der Waals surface area contributed by atoms with Crippen LogP contribution in [0.15, 0.2) is 24.3 Å². The van der Waals surface area contributed by atoms with E-state index in [2.05, 4.69) is 29.2 Å². The van der Waals surface area contributed by atoms with Gasteiger partial charge >= 0.3 is 5.97 Å². The molecular formula is C17H23NO2. The third-order valence-corrected chi connectivity index (χ3v) is 4.78. The SMILES string of the molecule is CCOC(=O)CC1(N2CCCC2)CCc2ccccc21. The van der Waals surface area contributed by atoms with Crippen molar-refractivity contribution in [2.45, 2.75) is 44.6 Å². The summed E-state index contributed by atoms with van der Waals surface area (Å²) in [4.78, 5) is 14.6. The van der Waals surface area contributed by atoms with E-state index in [1.807, 2.05) is 6.92 Å². The minimum absolute atomic E-state index is 0.0592. The summed E-state index contributed by atoms with van der Waals surface area (Å²) >= 11 is 0. The first-order valence-electron chi connectivity index (χ1n) is 7.75. The van der Waals surface area contributed by atoms with Gasteiger partial charge in [0, 0.05) is 0 Å². The second-order valence-electron chi connectivity index (χ2n) is 5.86. The highest BCUT2D eigenvalue weighted by Crippen LogP contribution is 2.45. The van der Waals surface area contributed by atoms with Gasteiger partial charge in [-0.3, -0.25) is 9.69 Å². The second kappa shape index (κ2) is 5.57. The molecule has 0 radical (unpaired) electrons. The molecule has 1 heterocycles. The molecule has 1 atom stereocenters. The van der Waals surface area contributed by atoms with Crippen molar-refractivity contribution in [1.82, 2.24) is 4.90 Å². The predicted octanol–water partition coefficient (Wildman–Crippen LogP) is 2.88. The van der Waals surface area contributed by atoms with Crippen molar-refractivity contribution in [3.8, 4) is 0 Å². The lowest BCUT2D eigenvalue weighted by Gasteiger charge is -2.39. The van der Waals surface area contributed by atoms with Gasteiger partial charge in [0.25, 0.3) is 0 Å². The fourth-order valence-corrected chi connectivity index (χ4v) is 3.89. The van der Waals surface area contributed by atoms with Crippen LogP contribution in [-0.4, -0.2) is 30.6 Å². The summed E-state index contributed by atoms with van der Waals surface area (Å²) in [5.74, 6) is -0.0592. The summed E-state index contributed by atoms with van der Waals surface area (Å²) in [6.45, 7) is 4.56. The van der Waals surface area contributed by atoms with Crippen molar-refractivity contribution in [2.24, 2.45) is 0 Å². The number of rotatable bonds is 4. The van der Waals surface area contributed by atoms with Crippen LogP contribution in [0.4, 0.5) is 0 Å². The molecule has 3 heteroatoms. The van der Waals surface area contributed by atoms with E-state index in [0.29, 0.717) is 13.0 Å². The zero-order chi connectivity index (χ0) is 14.0. The lowest BCUT2D eigenvalue weighted by Crippen LogP contribution is -2.44. The van der Waals surface area contributed by atoms with Crippen molar-refractivity contribution < 1.29 is 9.53 Å². The third kappa shape index (κ3) is 2.24. The summed E-state index contributed by atoms with van der Waals surface area (Å²) in [6, 6.07) is 8.61. The summed E-state index contributed by atoms with van der Waals surface area (Å²) in [7, 11) is 0. The number of aryl methyl sites for hydroxylation is 1. The molecule has 0 saturated carbocycles. The van der Waals surface area contributed by atoms with Crippen LogP contribution in [0.3, 0.4) is 0 Å². The zero-order valence-electron chi connectivity index (χ0n) is 12.2. The van der Waals surface area contributed by atoms with Crippen LogP contribution in [0, 0.1) is 0 Å². The van der Waals surface area contributed by atoms with Gasteiger partial charge < -0.3 is 4.74 Å². The molecule has 108 valence electrons. The van der Waals surface area contributed by atoms with E-state index in [0.717, 1.165) is 25.9 Å². The maximum Gasteiger partial charge on any atom is 0.308 e. The van der Waals surface area contributed by atoms with Crippen molar-refractivity contribution in [3.63, 3.8) is 0 Å². The highest BCUT2D eigenvalue weighted by atomic mass is 16.5. The number of likely N-dealkylation sites (tertiary alicyclic amines) is 1. The Balaban J connectivity index is 1.94. The van der Waals surface area contributed by atoms with Gasteiger partial charge in [-0.1, -0.05) is 24.3 Å². The molecule has 1 aliphatic heterocycles. The average Bonchev–Trinajstić information content (AvgIpc) is 3.08. The van der Waals surface area contributed by atoms with E-state index in [9.17, 15) is 4.79 Å². The van der Waals surface area contributed by atoms with Crippen LogP contribution in [-0.2, 0) is 21.5 Å². The molecule has 2 aliphatic rings. The third-order valence-electron chi connectivity index (χ3n) is 4.78. The molecule has 0 amide bonds. The topological polar surface area (TPSA) is 29.5 Å². The van der Waals surface area contributed by atoms with Crippen molar-refractivity contribution in [1.29, 1.82) is 0 Å². The largest absolute Gasteiger partial charge is 0.466 e. The number of hydrogen-bond donors (Lipinski definition) is 0. The normalized spacial score (nSPS) is 25.6. The molecule has 20 heavy (non-hydrogen) atoms. The Kier molecular flexibility index (Phi) is 3.79. The van der Waals surface area contributed by atoms with Crippen LogP contribution in [0.1, 0.15) is 43.7 Å². The fraction of sp³-hybridized carbons (Fsp3) is 0.588. The predicted molar refractivity (Wildman–Crippen MR) is 78.5 cm³/mol. The molecule has 0 N–H and O–H groups in total. The molecule has 0 spiro atoms. The molecular weight excluding hydrogens is 250 g/mol. The summed E-state index contributed by atoms with van der Waals surface area (Å²) in [5.41, 5.74) is 2.65. The maximum absolute atomic E-state index is 12.1. The van der Waals surface area contributed by atoms with Crippen molar-refractivity contribution in [2.75, 3.05) is 19.7 Å². The van der Waals surface area contributed by atoms with E-state index < -0.39 is 0 Å². The molecule has 1 aliphatic carbocycles. The highest BCUT2D eigenvalue weighted by Gasteiger charge is 2.46. The molecule has 1 unspecified atom stereocenters. The smallest absolute Gasteiger partial charge is 0.308 e. The standard InChI is InChI=1S/C17H23NO2/c1-2-20-16(19)13-17(18-11-5-6-12-18)10-9-14-7-3-4-8-15(14)17/h3-4,7-8H,2,5-6,9-13H2,1H3. The fourth-order valence-electron chi connectivity index (χ4n) is 3.89. The molecule has 1 aromatic carbocycles. The number of carbonyl (C=O) groups is 1. The molecule has 1 aromatic rings. The minimum atomic E-state index is -0.112. The van der Waals surface area contributed by atoms with E-state index >= 15 is 0 Å². The van der Waals surface area contributed by atoms with Gasteiger partial charge in [-0.05, 0) is 56.8 Å². The van der Waals surface area contributed by atoms with Crippen LogP contribution in [0.5, 0.6) is 0 Å². The Morgan fingerprint density at radius 1 is 1.30 bits per heavy atom. The Hall–Kier alpha value is -1.35. The van der Waals surface area contributed by atoms with Gasteiger partial charge in [0.15, 0.2) is 0 Å². The Labute approximate surface area is 120 Å². The first-order valence-corrected chi connectivity index (χ1v) is 7.75. The van der Waals surface area contributed by atoms with Gasteiger partial charge in [-0.15, -0.1) is 0 Å². The van der Waals surface area contributed by atoms with Gasteiger partial charge in [-0.2, -0.15) is 0 Å². The number of esters is 1. The van der Waals surface area contributed by atoms with E-state index in [1.165, 1.54) is 24.0 Å². The maximum atomic E-state index is 12.1. The summed E-state index contributed by atoms with van der Waals surface area (Å²) in [5, 5.41) is 0. The molecule has 1 fully saturated rings. The van der Waals surface area contributed by atoms with E-state index in [-0.39, 0.29) is 11.5 Å². The van der Waals surface area contributed by atoms with Crippen LogP contribution < -0.4 is 0 Å². The van der Waals surface area contributed by atoms with Gasteiger partial charge in [0.2, 0.25) is 0 Å². The lowest BCUT2D eigenvalue weighted by molar-refractivity contribution is -0.146. The molecule has 3 rings (SSSR count). The number of ether oxygens (including phenoxy) is 1. The van der Waals surface area contributed by atoms with Gasteiger partial charge in [-0.25, -0.2) is 0 Å². The first kappa shape index (κ1) is 13.6. The number of hydrogen-bond acceptors (Lipinski definition) is 3. The van der Waals surface area contributed by atoms with Crippen LogP contribution >= 0.6 is 0 Å². The summed E-state index contributed by atoms with van der Waals surface area (Å²) in [6.07, 6.45) is 5.11. The number of fused-ring (bicyclic) bond motifs is 1. The van der Waals surface area contributed by atoms with Gasteiger partial charge in [0.05, 0.1) is 18.6 Å². The second-order valence-corrected chi connectivity index (χ2v) is 5.86. The Morgan fingerprint density at radius 3 is 2.80 bits per heavy atom. The lowest BCUT2D eigenvalue weighted by atomic mass is 9.86. The highest BCUT2D eigenvalue weighted by molar-refractivity contribution is 5.72. The molecule has 3 nitrogen and oxygen atoms in total. The Morgan fingerprint density at radius 2 is 2.05 bits per heavy atom. The molecule has 0 bridgehead atoms. The number of nitrogens with zero attached hydrogens (tertiary/aromatic N) is 1. The quantitative estimate of drug-likeness (QED) is 0.790. The summed E-state index contributed by atoms with van der Waals surface area (Å²) < 4.78 is 5.24. The monoisotopic (exact) mass is 273 g/mol. The van der Waals surface area contributed by atoms with Crippen LogP contribution in [0.25, 0.3) is 0 Å². The molecule has 1 saturated heterocycles. The number of benzene rings is 1. The van der Waals surface area contributed by atoms with Crippen molar-refractivity contribution in [3.05, 3.63) is 35.4 Å². The van der Waals surface area contributed by atoms with Crippen molar-refractivity contribution >= 4 is 5.97 Å². The number of carbonyl (C=O) groups excluding carboxylic acids is 1.